The van der Waals surface area contributed by atoms with Gasteiger partial charge < -0.3 is 39.7 Å². The smallest absolute Gasteiger partial charge is 0.323 e. The number of nitrogens with zero attached hydrogens (tertiary/aromatic N) is 8. The van der Waals surface area contributed by atoms with Gasteiger partial charge in [0.2, 0.25) is 11.9 Å². The van der Waals surface area contributed by atoms with Gasteiger partial charge in [-0.15, -0.1) is 0 Å². The van der Waals surface area contributed by atoms with E-state index in [-0.39, 0.29) is 18.1 Å². The quantitative estimate of drug-likeness (QED) is 0.442. The Morgan fingerprint density at radius 2 is 1.35 bits per heavy atom. The highest BCUT2D eigenvalue weighted by Crippen LogP contribution is 2.26. The number of piperazine rings is 1. The lowest BCUT2D eigenvalue weighted by Gasteiger charge is -2.36. The van der Waals surface area contributed by atoms with Crippen molar-refractivity contribution >= 4 is 35.1 Å². The van der Waals surface area contributed by atoms with Crippen LogP contribution in [-0.4, -0.2) is 116 Å². The van der Waals surface area contributed by atoms with Crippen LogP contribution in [0.2, 0.25) is 0 Å². The van der Waals surface area contributed by atoms with Crippen molar-refractivity contribution in [3.8, 4) is 11.4 Å². The molecule has 3 aromatic rings. The number of rotatable bonds is 6. The Balaban J connectivity index is 1.14. The van der Waals surface area contributed by atoms with Crippen LogP contribution in [0.3, 0.4) is 0 Å². The summed E-state index contributed by atoms with van der Waals surface area (Å²) in [7, 11) is 2.13. The van der Waals surface area contributed by atoms with Crippen LogP contribution in [-0.2, 0) is 9.47 Å². The van der Waals surface area contributed by atoms with Crippen molar-refractivity contribution in [1.29, 1.82) is 0 Å². The summed E-state index contributed by atoms with van der Waals surface area (Å²) in [6.07, 6.45) is 1.69. The molecule has 3 aliphatic heterocycles. The highest BCUT2D eigenvalue weighted by molar-refractivity contribution is 5.99. The van der Waals surface area contributed by atoms with Crippen molar-refractivity contribution < 1.29 is 14.3 Å². The van der Waals surface area contributed by atoms with E-state index in [4.69, 9.17) is 24.4 Å². The number of nitrogens with one attached hydrogen (secondary N) is 2. The summed E-state index contributed by atoms with van der Waals surface area (Å²) in [6.45, 7) is 12.1. The molecular weight excluding hydrogens is 548 g/mol. The van der Waals surface area contributed by atoms with Crippen molar-refractivity contribution in [3.05, 3.63) is 42.6 Å². The van der Waals surface area contributed by atoms with E-state index in [0.29, 0.717) is 55.5 Å². The minimum absolute atomic E-state index is 0.155. The zero-order chi connectivity index (χ0) is 29.8. The third kappa shape index (κ3) is 6.95. The fourth-order valence-corrected chi connectivity index (χ4v) is 5.47. The topological polar surface area (TPSA) is 124 Å². The summed E-state index contributed by atoms with van der Waals surface area (Å²) in [5.41, 5.74) is 2.12. The van der Waals surface area contributed by atoms with Crippen molar-refractivity contribution in [2.24, 2.45) is 0 Å². The van der Waals surface area contributed by atoms with Crippen LogP contribution in [0.15, 0.2) is 42.6 Å². The Bertz CT molecular complexity index is 1340. The van der Waals surface area contributed by atoms with Crippen LogP contribution in [0.4, 0.5) is 33.9 Å². The monoisotopic (exact) mass is 588 g/mol. The molecule has 0 aliphatic carbocycles. The Kier molecular flexibility index (Phi) is 8.82. The number of carbonyl (C=O) groups is 1. The third-order valence-corrected chi connectivity index (χ3v) is 8.09. The van der Waals surface area contributed by atoms with Crippen LogP contribution in [0.25, 0.3) is 11.4 Å². The summed E-state index contributed by atoms with van der Waals surface area (Å²) in [5, 5.41) is 5.76. The lowest BCUT2D eigenvalue weighted by molar-refractivity contribution is 0.0969. The van der Waals surface area contributed by atoms with Crippen LogP contribution in [0.1, 0.15) is 13.8 Å². The minimum Gasteiger partial charge on any atom is -0.377 e. The highest BCUT2D eigenvalue weighted by atomic mass is 16.5. The molecule has 0 bridgehead atoms. The molecular formula is C30H40N10O3. The normalized spacial score (nSPS) is 21.5. The van der Waals surface area contributed by atoms with Gasteiger partial charge in [-0.05, 0) is 57.3 Å². The second-order valence-electron chi connectivity index (χ2n) is 11.3. The maximum Gasteiger partial charge on any atom is 0.323 e. The molecule has 0 saturated carbocycles. The molecule has 2 amide bonds. The summed E-state index contributed by atoms with van der Waals surface area (Å²) in [4.78, 5) is 40.8. The molecule has 0 radical (unpaired) electrons. The Morgan fingerprint density at radius 3 is 1.91 bits per heavy atom. The number of likely N-dealkylation sites (N-methyl/N-ethyl adjacent to an activating group) is 1. The van der Waals surface area contributed by atoms with Crippen LogP contribution in [0.5, 0.6) is 0 Å². The van der Waals surface area contributed by atoms with Gasteiger partial charge in [-0.1, -0.05) is 0 Å². The molecule has 2 atom stereocenters. The van der Waals surface area contributed by atoms with Gasteiger partial charge in [0, 0.05) is 50.5 Å². The van der Waals surface area contributed by atoms with E-state index in [2.05, 4.69) is 56.1 Å². The number of carbonyl (C=O) groups excluding carboxylic acids is 1. The van der Waals surface area contributed by atoms with E-state index in [1.165, 1.54) is 0 Å². The maximum absolute atomic E-state index is 12.7. The SMILES string of the molecule is C[C@@H]1COCCN1c1nc(-c2ccc(NC(=O)Nc3ccc(N4CCN(C)CC4)nc3)cc2)nc(N2CCOC[C@H]2C)n1. The number of benzene rings is 1. The first-order chi connectivity index (χ1) is 20.9. The van der Waals surface area contributed by atoms with Crippen LogP contribution < -0.4 is 25.3 Å². The van der Waals surface area contributed by atoms with Gasteiger partial charge in [0.05, 0.1) is 50.4 Å². The van der Waals surface area contributed by atoms with Gasteiger partial charge in [-0.25, -0.2) is 9.78 Å². The second kappa shape index (κ2) is 13.1. The van der Waals surface area contributed by atoms with Gasteiger partial charge in [0.1, 0.15) is 5.82 Å². The number of hydrogen-bond acceptors (Lipinski definition) is 11. The number of morpholine rings is 2. The van der Waals surface area contributed by atoms with Gasteiger partial charge in [0.15, 0.2) is 5.82 Å². The molecule has 43 heavy (non-hydrogen) atoms. The molecule has 13 nitrogen and oxygen atoms in total. The Morgan fingerprint density at radius 1 is 0.767 bits per heavy atom. The number of aromatic nitrogens is 4. The Labute approximate surface area is 252 Å². The van der Waals surface area contributed by atoms with E-state index >= 15 is 0 Å². The lowest BCUT2D eigenvalue weighted by atomic mass is 10.2. The van der Waals surface area contributed by atoms with E-state index in [9.17, 15) is 4.79 Å². The van der Waals surface area contributed by atoms with Crippen LogP contribution >= 0.6 is 0 Å². The first-order valence-corrected chi connectivity index (χ1v) is 15.0. The van der Waals surface area contributed by atoms with E-state index in [1.54, 1.807) is 6.20 Å². The molecule has 5 heterocycles. The molecule has 2 N–H and O–H groups in total. The number of amides is 2. The molecule has 0 unspecified atom stereocenters. The number of anilines is 5. The van der Waals surface area contributed by atoms with E-state index in [0.717, 1.165) is 50.6 Å². The fourth-order valence-electron chi connectivity index (χ4n) is 5.47. The van der Waals surface area contributed by atoms with Gasteiger partial charge in [-0.3, -0.25) is 0 Å². The standard InChI is InChI=1S/C30H40N10O3/c1-21-19-42-16-14-39(21)28-34-27(35-29(36-28)40-15-17-43-20-22(40)2)23-4-6-24(7-5-23)32-30(41)33-25-8-9-26(31-18-25)38-12-10-37(3)11-13-38/h4-9,18,21-22H,10-17,19-20H2,1-3H3,(H2,32,33,41)/t21-,22-/m1/s1. The summed E-state index contributed by atoms with van der Waals surface area (Å²) >= 11 is 0. The average molecular weight is 589 g/mol. The lowest BCUT2D eigenvalue weighted by Crippen LogP contribution is -2.46. The Hall–Kier alpha value is -4.07. The number of ether oxygens (including phenoxy) is 2. The molecule has 228 valence electrons. The molecule has 3 aliphatic rings. The first kappa shape index (κ1) is 29.0. The molecule has 2 aromatic heterocycles. The second-order valence-corrected chi connectivity index (χ2v) is 11.3. The zero-order valence-corrected chi connectivity index (χ0v) is 25.1. The van der Waals surface area contributed by atoms with Crippen molar-refractivity contribution in [2.75, 3.05) is 98.1 Å². The highest BCUT2D eigenvalue weighted by Gasteiger charge is 2.27. The minimum atomic E-state index is -0.339. The number of urea groups is 1. The molecule has 3 fully saturated rings. The van der Waals surface area contributed by atoms with Gasteiger partial charge in [-0.2, -0.15) is 15.0 Å². The molecule has 1 aromatic carbocycles. The van der Waals surface area contributed by atoms with E-state index < -0.39 is 0 Å². The van der Waals surface area contributed by atoms with Gasteiger partial charge in [0.25, 0.3) is 0 Å². The average Bonchev–Trinajstić information content (AvgIpc) is 3.02. The first-order valence-electron chi connectivity index (χ1n) is 15.0. The molecule has 6 rings (SSSR count). The number of pyridine rings is 1. The van der Waals surface area contributed by atoms with Gasteiger partial charge >= 0.3 is 6.03 Å². The summed E-state index contributed by atoms with van der Waals surface area (Å²) < 4.78 is 11.3. The fraction of sp³-hybridized carbons (Fsp3) is 0.500. The summed E-state index contributed by atoms with van der Waals surface area (Å²) in [5.74, 6) is 2.79. The molecule has 0 spiro atoms. The van der Waals surface area contributed by atoms with Crippen molar-refractivity contribution in [3.63, 3.8) is 0 Å². The largest absolute Gasteiger partial charge is 0.377 e. The molecule has 3 saturated heterocycles. The maximum atomic E-state index is 12.7. The predicted molar refractivity (Wildman–Crippen MR) is 167 cm³/mol. The number of hydrogen-bond donors (Lipinski definition) is 2. The van der Waals surface area contributed by atoms with Crippen molar-refractivity contribution in [1.82, 2.24) is 24.8 Å². The zero-order valence-electron chi connectivity index (χ0n) is 25.1. The summed E-state index contributed by atoms with van der Waals surface area (Å²) in [6, 6.07) is 11.3. The predicted octanol–water partition coefficient (Wildman–Crippen LogP) is 2.78. The van der Waals surface area contributed by atoms with Crippen molar-refractivity contribution in [2.45, 2.75) is 25.9 Å². The molecule has 13 heteroatoms. The van der Waals surface area contributed by atoms with E-state index in [1.807, 2.05) is 36.4 Å². The van der Waals surface area contributed by atoms with Crippen LogP contribution in [0, 0.1) is 0 Å². The third-order valence-electron chi connectivity index (χ3n) is 8.09.